The largest absolute Gasteiger partial charge is 0.348 e. The van der Waals surface area contributed by atoms with Crippen molar-refractivity contribution in [1.82, 2.24) is 5.32 Å². The molecule has 20 heavy (non-hydrogen) atoms. The highest BCUT2D eigenvalue weighted by Crippen LogP contribution is 2.18. The number of hydrogen-bond donors (Lipinski definition) is 1. The van der Waals surface area contributed by atoms with E-state index in [1.54, 1.807) is 0 Å². The Morgan fingerprint density at radius 2 is 1.60 bits per heavy atom. The van der Waals surface area contributed by atoms with Crippen LogP contribution in [0.2, 0.25) is 0 Å². The minimum atomic E-state index is -0.183. The third-order valence-electron chi connectivity index (χ3n) is 2.63. The van der Waals surface area contributed by atoms with Gasteiger partial charge in [0.2, 0.25) is 5.91 Å². The predicted octanol–water partition coefficient (Wildman–Crippen LogP) is 3.90. The molecule has 0 unspecified atom stereocenters. The molecule has 1 N–H and O–H groups in total. The molecule has 4 nitrogen and oxygen atoms in total. The highest BCUT2D eigenvalue weighted by Gasteiger charge is 1.96. The quantitative estimate of drug-likeness (QED) is 0.646. The highest BCUT2D eigenvalue weighted by atomic mass is 16.1. The summed E-state index contributed by atoms with van der Waals surface area (Å²) in [5.41, 5.74) is 2.58. The van der Waals surface area contributed by atoms with Crippen LogP contribution in [0.3, 0.4) is 0 Å². The maximum absolute atomic E-state index is 11.0. The Morgan fingerprint density at radius 3 is 2.20 bits per heavy atom. The van der Waals surface area contributed by atoms with Crippen molar-refractivity contribution in [2.45, 2.75) is 6.54 Å². The van der Waals surface area contributed by atoms with Gasteiger partial charge in [-0.15, -0.1) is 0 Å². The van der Waals surface area contributed by atoms with Crippen molar-refractivity contribution in [1.29, 1.82) is 0 Å². The van der Waals surface area contributed by atoms with Crippen LogP contribution in [0, 0.1) is 0 Å². The second kappa shape index (κ2) is 6.99. The third-order valence-corrected chi connectivity index (χ3v) is 2.63. The van der Waals surface area contributed by atoms with E-state index in [1.807, 2.05) is 54.6 Å². The lowest BCUT2D eigenvalue weighted by molar-refractivity contribution is -0.116. The van der Waals surface area contributed by atoms with E-state index >= 15 is 0 Å². The molecule has 0 fully saturated rings. The van der Waals surface area contributed by atoms with Crippen molar-refractivity contribution in [2.75, 3.05) is 0 Å². The van der Waals surface area contributed by atoms with Gasteiger partial charge in [-0.1, -0.05) is 36.9 Å². The number of hydrogen-bond acceptors (Lipinski definition) is 3. The summed E-state index contributed by atoms with van der Waals surface area (Å²) in [5, 5.41) is 11.0. The second-order valence-corrected chi connectivity index (χ2v) is 4.12. The van der Waals surface area contributed by atoms with E-state index in [9.17, 15) is 4.79 Å². The third kappa shape index (κ3) is 4.17. The molecule has 0 aromatic heterocycles. The summed E-state index contributed by atoms with van der Waals surface area (Å²) in [7, 11) is 0. The molecule has 4 heteroatoms. The van der Waals surface area contributed by atoms with Crippen molar-refractivity contribution in [3.8, 4) is 0 Å². The summed E-state index contributed by atoms with van der Waals surface area (Å²) < 4.78 is 0. The van der Waals surface area contributed by atoms with Crippen molar-refractivity contribution < 1.29 is 4.79 Å². The summed E-state index contributed by atoms with van der Waals surface area (Å²) >= 11 is 0. The molecule has 0 aliphatic heterocycles. The minimum Gasteiger partial charge on any atom is -0.348 e. The van der Waals surface area contributed by atoms with Gasteiger partial charge in [0, 0.05) is 6.54 Å². The van der Waals surface area contributed by atoms with Crippen LogP contribution in [0.5, 0.6) is 0 Å². The lowest BCUT2D eigenvalue weighted by Crippen LogP contribution is -2.19. The van der Waals surface area contributed by atoms with Crippen LogP contribution < -0.4 is 5.32 Å². The predicted molar refractivity (Wildman–Crippen MR) is 79.1 cm³/mol. The van der Waals surface area contributed by atoms with E-state index in [4.69, 9.17) is 0 Å². The molecule has 0 saturated carbocycles. The fourth-order valence-electron chi connectivity index (χ4n) is 1.55. The van der Waals surface area contributed by atoms with Gasteiger partial charge in [0.15, 0.2) is 0 Å². The summed E-state index contributed by atoms with van der Waals surface area (Å²) in [6.45, 7) is 3.87. The van der Waals surface area contributed by atoms with E-state index in [0.29, 0.717) is 6.54 Å². The molecule has 0 radical (unpaired) electrons. The number of benzene rings is 2. The zero-order valence-corrected chi connectivity index (χ0v) is 11.0. The van der Waals surface area contributed by atoms with Crippen molar-refractivity contribution in [2.24, 2.45) is 10.2 Å². The molecule has 0 spiro atoms. The van der Waals surface area contributed by atoms with E-state index in [2.05, 4.69) is 22.1 Å². The van der Waals surface area contributed by atoms with E-state index in [0.717, 1.165) is 16.9 Å². The number of nitrogens with one attached hydrogen (secondary N) is 1. The SMILES string of the molecule is C=CC(=O)NCc1ccc(N=Nc2ccccc2)cc1. The summed E-state index contributed by atoms with van der Waals surface area (Å²) in [5.74, 6) is -0.183. The van der Waals surface area contributed by atoms with Crippen LogP contribution in [0.25, 0.3) is 0 Å². The molecule has 0 heterocycles. The van der Waals surface area contributed by atoms with Gasteiger partial charge in [0.25, 0.3) is 0 Å². The number of amides is 1. The molecule has 2 aromatic rings. The Labute approximate surface area is 117 Å². The normalized spacial score (nSPS) is 10.4. The zero-order chi connectivity index (χ0) is 14.2. The number of nitrogens with zero attached hydrogens (tertiary/aromatic N) is 2. The van der Waals surface area contributed by atoms with Gasteiger partial charge in [-0.3, -0.25) is 4.79 Å². The maximum Gasteiger partial charge on any atom is 0.243 e. The fraction of sp³-hybridized carbons (Fsp3) is 0.0625. The number of rotatable bonds is 5. The monoisotopic (exact) mass is 265 g/mol. The van der Waals surface area contributed by atoms with Gasteiger partial charge in [0.1, 0.15) is 0 Å². The zero-order valence-electron chi connectivity index (χ0n) is 11.0. The molecule has 2 aromatic carbocycles. The smallest absolute Gasteiger partial charge is 0.243 e. The number of carbonyl (C=O) groups excluding carboxylic acids is 1. The average Bonchev–Trinajstić information content (AvgIpc) is 2.52. The Morgan fingerprint density at radius 1 is 1.00 bits per heavy atom. The first-order valence-corrected chi connectivity index (χ1v) is 6.24. The Bertz CT molecular complexity index is 603. The first kappa shape index (κ1) is 13.7. The van der Waals surface area contributed by atoms with Crippen LogP contribution in [-0.4, -0.2) is 5.91 Å². The van der Waals surface area contributed by atoms with Gasteiger partial charge in [-0.2, -0.15) is 10.2 Å². The minimum absolute atomic E-state index is 0.183. The Hall–Kier alpha value is -2.75. The van der Waals surface area contributed by atoms with Gasteiger partial charge in [-0.05, 0) is 35.9 Å². The molecule has 0 aliphatic rings. The standard InChI is InChI=1S/C16H15N3O/c1-2-16(20)17-12-13-8-10-15(11-9-13)19-18-14-6-4-3-5-7-14/h2-11H,1,12H2,(H,17,20). The van der Waals surface area contributed by atoms with Crippen molar-refractivity contribution in [3.05, 3.63) is 72.8 Å². The molecule has 1 amide bonds. The first-order valence-electron chi connectivity index (χ1n) is 6.24. The highest BCUT2D eigenvalue weighted by molar-refractivity contribution is 5.86. The maximum atomic E-state index is 11.0. The van der Waals surface area contributed by atoms with Gasteiger partial charge >= 0.3 is 0 Å². The molecule has 100 valence electrons. The van der Waals surface area contributed by atoms with E-state index in [1.165, 1.54) is 6.08 Å². The van der Waals surface area contributed by atoms with Crippen molar-refractivity contribution >= 4 is 17.3 Å². The van der Waals surface area contributed by atoms with E-state index in [-0.39, 0.29) is 5.91 Å². The van der Waals surface area contributed by atoms with Gasteiger partial charge < -0.3 is 5.32 Å². The van der Waals surface area contributed by atoms with Gasteiger partial charge in [-0.25, -0.2) is 0 Å². The lowest BCUT2D eigenvalue weighted by atomic mass is 10.2. The van der Waals surface area contributed by atoms with Crippen LogP contribution in [0.1, 0.15) is 5.56 Å². The van der Waals surface area contributed by atoms with Crippen molar-refractivity contribution in [3.63, 3.8) is 0 Å². The van der Waals surface area contributed by atoms with Crippen LogP contribution in [-0.2, 0) is 11.3 Å². The molecule has 0 aliphatic carbocycles. The molecular formula is C16H15N3O. The number of carbonyl (C=O) groups is 1. The molecular weight excluding hydrogens is 250 g/mol. The van der Waals surface area contributed by atoms with E-state index < -0.39 is 0 Å². The van der Waals surface area contributed by atoms with Crippen LogP contribution >= 0.6 is 0 Å². The Balaban J connectivity index is 1.96. The molecule has 0 atom stereocenters. The van der Waals surface area contributed by atoms with Gasteiger partial charge in [0.05, 0.1) is 11.4 Å². The van der Waals surface area contributed by atoms with Crippen LogP contribution in [0.15, 0.2) is 77.5 Å². The summed E-state index contributed by atoms with van der Waals surface area (Å²) in [4.78, 5) is 11.0. The number of azo groups is 1. The summed E-state index contributed by atoms with van der Waals surface area (Å²) in [6, 6.07) is 17.1. The molecule has 0 bridgehead atoms. The summed E-state index contributed by atoms with van der Waals surface area (Å²) in [6.07, 6.45) is 1.25. The average molecular weight is 265 g/mol. The van der Waals surface area contributed by atoms with Crippen LogP contribution in [0.4, 0.5) is 11.4 Å². The lowest BCUT2D eigenvalue weighted by Gasteiger charge is -2.02. The Kier molecular flexibility index (Phi) is 4.78. The molecule has 2 rings (SSSR count). The topological polar surface area (TPSA) is 53.8 Å². The fourth-order valence-corrected chi connectivity index (χ4v) is 1.55. The first-order chi connectivity index (χ1) is 9.78. The second-order valence-electron chi connectivity index (χ2n) is 4.12. The molecule has 0 saturated heterocycles.